The molecule has 160 valence electrons. The van der Waals surface area contributed by atoms with Crippen LogP contribution in [0.5, 0.6) is 11.5 Å². The van der Waals surface area contributed by atoms with E-state index < -0.39 is 79.4 Å². The van der Waals surface area contributed by atoms with Gasteiger partial charge < -0.3 is 19.1 Å². The number of rotatable bonds is 7. The monoisotopic (exact) mass is 427 g/mol. The predicted molar refractivity (Wildman–Crippen MR) is 122 cm³/mol. The molecule has 2 aliphatic rings. The van der Waals surface area contributed by atoms with Gasteiger partial charge in [0.2, 0.25) is 6.75 Å². The van der Waals surface area contributed by atoms with E-state index >= 15 is 0 Å². The Morgan fingerprint density at radius 3 is 2.45 bits per heavy atom. The predicted octanol–water partition coefficient (Wildman–Crippen LogP) is 5.23. The minimum absolute atomic E-state index is 0.290. The highest BCUT2D eigenvalue weighted by molar-refractivity contribution is 5.44. The van der Waals surface area contributed by atoms with E-state index in [1.807, 2.05) is 6.07 Å². The molecule has 31 heavy (non-hydrogen) atoms. The van der Waals surface area contributed by atoms with E-state index in [-0.39, 0.29) is 11.1 Å². The molecule has 3 aromatic rings. The Bertz CT molecular complexity index is 1460. The normalized spacial score (nSPS) is 25.5. The molecule has 4 heteroatoms. The first kappa shape index (κ1) is 10.7. The topological polar surface area (TPSA) is 30.9 Å². The average Bonchev–Trinajstić information content (AvgIpc) is 3.29. The summed E-state index contributed by atoms with van der Waals surface area (Å²) in [5.41, 5.74) is 0.322. The molecular formula is C27H29NO3. The van der Waals surface area contributed by atoms with E-state index in [0.29, 0.717) is 43.9 Å². The number of benzene rings is 3. The number of likely N-dealkylation sites (tertiary alicyclic amines) is 1. The zero-order chi connectivity index (χ0) is 31.4. The van der Waals surface area contributed by atoms with E-state index in [1.54, 1.807) is 12.1 Å². The molecule has 5 rings (SSSR count). The second kappa shape index (κ2) is 9.54. The van der Waals surface area contributed by atoms with Gasteiger partial charge in [-0.05, 0) is 54.6 Å². The molecule has 0 N–H and O–H groups in total. The molecule has 3 aromatic carbocycles. The SMILES string of the molecule is [2H]c1c([2H])c([2H])c(C(O[C@@H]2CCCN(CCc3ccc4c(c3)OC([2H])([2H])O4)C2)c2c([2H])c([2H])c([2H])c([2H])c2[2H])c([2H])c1[2H]. The lowest BCUT2D eigenvalue weighted by atomic mass is 10.00. The zero-order valence-electron chi connectivity index (χ0n) is 28.8. The summed E-state index contributed by atoms with van der Waals surface area (Å²) in [4.78, 5) is 2.12. The van der Waals surface area contributed by atoms with Crippen LogP contribution in [0.25, 0.3) is 0 Å². The second-order valence-electron chi connectivity index (χ2n) is 7.48. The molecule has 2 aliphatic heterocycles. The number of nitrogens with zero attached hydrogens (tertiary/aromatic N) is 1. The van der Waals surface area contributed by atoms with Gasteiger partial charge in [-0.1, -0.05) is 66.5 Å². The molecule has 2 heterocycles. The van der Waals surface area contributed by atoms with Crippen molar-refractivity contribution >= 4 is 0 Å². The maximum Gasteiger partial charge on any atom is 0.231 e. The molecule has 0 aliphatic carbocycles. The van der Waals surface area contributed by atoms with Gasteiger partial charge in [-0.15, -0.1) is 0 Å². The number of hydrogen-bond donors (Lipinski definition) is 0. The van der Waals surface area contributed by atoms with Crippen LogP contribution >= 0.6 is 0 Å². The van der Waals surface area contributed by atoms with Crippen LogP contribution < -0.4 is 9.47 Å². The molecule has 0 spiro atoms. The van der Waals surface area contributed by atoms with E-state index in [4.69, 9.17) is 30.7 Å². The first-order chi connectivity index (χ1) is 20.2. The highest BCUT2D eigenvalue weighted by Crippen LogP contribution is 2.33. The molecule has 1 saturated heterocycles. The zero-order valence-corrected chi connectivity index (χ0v) is 16.8. The van der Waals surface area contributed by atoms with Crippen LogP contribution in [0.4, 0.5) is 0 Å². The molecule has 0 radical (unpaired) electrons. The fraction of sp³-hybridized carbons (Fsp3) is 0.333. The molecule has 1 fully saturated rings. The van der Waals surface area contributed by atoms with Gasteiger partial charge in [0.1, 0.15) is 8.85 Å². The van der Waals surface area contributed by atoms with E-state index in [1.165, 1.54) is 0 Å². The fourth-order valence-corrected chi connectivity index (χ4v) is 3.85. The number of piperidine rings is 1. The van der Waals surface area contributed by atoms with Crippen molar-refractivity contribution in [2.75, 3.05) is 26.4 Å². The Balaban J connectivity index is 1.43. The minimum Gasteiger partial charge on any atom is -0.454 e. The largest absolute Gasteiger partial charge is 0.454 e. The Hall–Kier alpha value is -2.82. The Morgan fingerprint density at radius 1 is 1.00 bits per heavy atom. The Morgan fingerprint density at radius 2 is 1.71 bits per heavy atom. The van der Waals surface area contributed by atoms with Crippen LogP contribution in [-0.4, -0.2) is 37.4 Å². The van der Waals surface area contributed by atoms with Crippen LogP contribution in [0.3, 0.4) is 0 Å². The summed E-state index contributed by atoms with van der Waals surface area (Å²) in [7, 11) is 0. The summed E-state index contributed by atoms with van der Waals surface area (Å²) in [5.74, 6) is 0.647. The van der Waals surface area contributed by atoms with Crippen LogP contribution in [0.15, 0.2) is 78.6 Å². The van der Waals surface area contributed by atoms with Crippen molar-refractivity contribution in [3.8, 4) is 11.5 Å². The van der Waals surface area contributed by atoms with Gasteiger partial charge in [-0.3, -0.25) is 0 Å². The first-order valence-electron chi connectivity index (χ1n) is 16.2. The van der Waals surface area contributed by atoms with Crippen molar-refractivity contribution in [2.45, 2.75) is 31.5 Å². The van der Waals surface area contributed by atoms with Crippen molar-refractivity contribution in [2.24, 2.45) is 0 Å². The molecule has 0 saturated carbocycles. The van der Waals surface area contributed by atoms with Gasteiger partial charge in [0.15, 0.2) is 11.5 Å². The van der Waals surface area contributed by atoms with Gasteiger partial charge in [0, 0.05) is 13.1 Å². The minimum atomic E-state index is -2.21. The van der Waals surface area contributed by atoms with Crippen LogP contribution in [0, 0.1) is 0 Å². The smallest absolute Gasteiger partial charge is 0.231 e. The summed E-state index contributed by atoms with van der Waals surface area (Å²) in [5, 5.41) is 0. The van der Waals surface area contributed by atoms with Gasteiger partial charge in [-0.25, -0.2) is 0 Å². The van der Waals surface area contributed by atoms with E-state index in [2.05, 4.69) is 4.90 Å². The summed E-state index contributed by atoms with van der Waals surface area (Å²) in [6.07, 6.45) is -0.208. The van der Waals surface area contributed by atoms with Crippen LogP contribution in [0.2, 0.25) is 0 Å². The lowest BCUT2D eigenvalue weighted by Gasteiger charge is -2.35. The molecular weight excluding hydrogens is 386 g/mol. The average molecular weight is 428 g/mol. The molecule has 0 aromatic heterocycles. The Labute approximate surface area is 201 Å². The van der Waals surface area contributed by atoms with Gasteiger partial charge >= 0.3 is 0 Å². The van der Waals surface area contributed by atoms with Gasteiger partial charge in [0.05, 0.1) is 19.8 Å². The second-order valence-corrected chi connectivity index (χ2v) is 7.48. The molecule has 0 bridgehead atoms. The fourth-order valence-electron chi connectivity index (χ4n) is 3.85. The lowest BCUT2D eigenvalue weighted by molar-refractivity contribution is -0.0330. The van der Waals surface area contributed by atoms with Gasteiger partial charge in [0.25, 0.3) is 0 Å². The standard InChI is InChI=1S/C27H29NO3/c1-3-8-22(9-4-1)27(23-10-5-2-6-11-23)31-24-12-7-16-28(19-24)17-15-21-13-14-25-26(18-21)30-20-29-25/h1-6,8-11,13-14,18,24,27H,7,12,15-17,19-20H2/t24-/m1/s1/i1D,2D,3D,4D,5D,6D,8D,9D,10D,11D,20D2. The first-order valence-corrected chi connectivity index (χ1v) is 10.2. The van der Waals surface area contributed by atoms with Gasteiger partial charge in [-0.2, -0.15) is 0 Å². The maximum atomic E-state index is 8.54. The summed E-state index contributed by atoms with van der Waals surface area (Å²) >= 11 is 0. The van der Waals surface area contributed by atoms with Crippen molar-refractivity contribution in [3.63, 3.8) is 0 Å². The van der Waals surface area contributed by atoms with E-state index in [0.717, 1.165) is 12.1 Å². The molecule has 4 nitrogen and oxygen atoms in total. The Kier molecular flexibility index (Phi) is 3.28. The highest BCUT2D eigenvalue weighted by atomic mass is 16.7. The van der Waals surface area contributed by atoms with Crippen LogP contribution in [-0.2, 0) is 11.2 Å². The summed E-state index contributed by atoms with van der Waals surface area (Å²) < 4.78 is 115. The number of fused-ring (bicyclic) bond motifs is 1. The third kappa shape index (κ3) is 4.92. The molecule has 0 amide bonds. The lowest BCUT2D eigenvalue weighted by Crippen LogP contribution is -2.41. The third-order valence-corrected chi connectivity index (χ3v) is 5.38. The summed E-state index contributed by atoms with van der Waals surface area (Å²) in [6, 6.07) is -0.724. The van der Waals surface area contributed by atoms with Crippen LogP contribution in [0.1, 0.15) is 52.1 Å². The summed E-state index contributed by atoms with van der Waals surface area (Å²) in [6.45, 7) is -0.488. The highest BCUT2D eigenvalue weighted by Gasteiger charge is 2.25. The van der Waals surface area contributed by atoms with Crippen molar-refractivity contribution in [3.05, 3.63) is 95.3 Å². The van der Waals surface area contributed by atoms with Crippen molar-refractivity contribution in [1.29, 1.82) is 0 Å². The molecule has 0 unspecified atom stereocenters. The van der Waals surface area contributed by atoms with Crippen molar-refractivity contribution in [1.82, 2.24) is 4.90 Å². The van der Waals surface area contributed by atoms with Crippen molar-refractivity contribution < 1.29 is 30.7 Å². The number of hydrogen-bond acceptors (Lipinski definition) is 4. The third-order valence-electron chi connectivity index (χ3n) is 5.38. The maximum absolute atomic E-state index is 8.54. The molecule has 1 atom stereocenters. The quantitative estimate of drug-likeness (QED) is 0.517. The van der Waals surface area contributed by atoms with E-state index in [9.17, 15) is 0 Å². The number of ether oxygens (including phenoxy) is 3.